The molecule has 4 rings (SSSR count). The van der Waals surface area contributed by atoms with Crippen molar-refractivity contribution in [3.63, 3.8) is 0 Å². The number of rotatable bonds is 11. The first-order valence-electron chi connectivity index (χ1n) is 11.4. The number of aromatic nitrogens is 2. The number of thiazole rings is 1. The quantitative estimate of drug-likeness (QED) is 0.0381. The summed E-state index contributed by atoms with van der Waals surface area (Å²) < 4.78 is 5.08. The number of guanidine groups is 1. The highest BCUT2D eigenvalue weighted by Crippen LogP contribution is 2.46. The Morgan fingerprint density at radius 3 is 2.80 bits per heavy atom. The molecule has 0 aromatic carbocycles. The van der Waals surface area contributed by atoms with E-state index in [4.69, 9.17) is 33.5 Å². The zero-order chi connectivity index (χ0) is 29.7. The third-order valence-electron chi connectivity index (χ3n) is 5.35. The fourth-order valence-electron chi connectivity index (χ4n) is 3.64. The van der Waals surface area contributed by atoms with Crippen molar-refractivity contribution in [1.82, 2.24) is 20.2 Å². The van der Waals surface area contributed by atoms with E-state index in [1.165, 1.54) is 28.4 Å². The highest BCUT2D eigenvalue weighted by atomic mass is 35.5. The number of oxime groups is 1. The standard InChI is InChI=1S/C21H22ClN9O6S4/c22-14-11(29-20(25)41-14)12(30-36)15(32)28-13-16(33)31-17(37-21(34)35)10(7-39-18(13)31)40-9-2-1-3-26-8(9)6-38-5-4-27-19(23)24/h1-3,13,18,36H,4-7H2,(H2,25,29)(H,28,32)(H,34,35)(H4,23,24,27)/b30-12-/t13-,18+/m1/s1. The minimum absolute atomic E-state index is 0.0176. The van der Waals surface area contributed by atoms with E-state index in [0.717, 1.165) is 21.9 Å². The van der Waals surface area contributed by atoms with E-state index in [1.54, 1.807) is 24.0 Å². The Morgan fingerprint density at radius 2 is 2.15 bits per heavy atom. The third-order valence-corrected chi connectivity index (χ3v) is 10.0. The molecule has 1 saturated heterocycles. The molecule has 2 aromatic heterocycles. The molecule has 0 aliphatic carbocycles. The Hall–Kier alpha value is -3.39. The molecule has 2 aliphatic rings. The normalized spacial score (nSPS) is 18.4. The van der Waals surface area contributed by atoms with Gasteiger partial charge in [0.15, 0.2) is 16.8 Å². The van der Waals surface area contributed by atoms with E-state index < -0.39 is 35.1 Å². The molecular weight excluding hydrogens is 638 g/mol. The van der Waals surface area contributed by atoms with Gasteiger partial charge in [0.2, 0.25) is 5.88 Å². The van der Waals surface area contributed by atoms with Crippen molar-refractivity contribution >= 4 is 93.0 Å². The number of carbonyl (C=O) groups is 3. The molecule has 0 unspecified atom stereocenters. The molecule has 20 heteroatoms. The lowest BCUT2D eigenvalue weighted by molar-refractivity contribution is -0.148. The predicted octanol–water partition coefficient (Wildman–Crippen LogP) is 1.51. The molecular formula is C21H22ClN9O6S4. The average Bonchev–Trinajstić information content (AvgIpc) is 3.25. The number of aliphatic imine (C=N–C) groups is 1. The predicted molar refractivity (Wildman–Crippen MR) is 158 cm³/mol. The lowest BCUT2D eigenvalue weighted by Gasteiger charge is -2.48. The zero-order valence-electron chi connectivity index (χ0n) is 20.7. The number of β-lactam (4-membered cyclic amide) rings is 1. The maximum Gasteiger partial charge on any atom is 0.512 e. The van der Waals surface area contributed by atoms with Gasteiger partial charge in [0.25, 0.3) is 11.8 Å². The fraction of sp³-hybridized carbons (Fsp3) is 0.286. The van der Waals surface area contributed by atoms with Crippen LogP contribution >= 0.6 is 58.2 Å². The van der Waals surface area contributed by atoms with Gasteiger partial charge in [-0.1, -0.05) is 39.9 Å². The van der Waals surface area contributed by atoms with Crippen molar-refractivity contribution in [2.45, 2.75) is 22.1 Å². The summed E-state index contributed by atoms with van der Waals surface area (Å²) in [5.74, 6) is -0.191. The number of thioether (sulfide) groups is 3. The SMILES string of the molecule is NC(N)=NCCSCc1ncccc1SC1=C(OC(=O)O)N2C(=O)[C@@H](NC(=O)/C(=N\O)c3nc(N)sc3Cl)[C@@H]2SC1. The molecule has 2 aromatic rings. The van der Waals surface area contributed by atoms with E-state index in [1.807, 2.05) is 6.07 Å². The lowest BCUT2D eigenvalue weighted by atomic mass is 10.1. The Morgan fingerprint density at radius 1 is 1.37 bits per heavy atom. The third kappa shape index (κ3) is 7.10. The van der Waals surface area contributed by atoms with Gasteiger partial charge in [0.05, 0.1) is 17.1 Å². The number of nitrogens with two attached hydrogens (primary N) is 3. The maximum absolute atomic E-state index is 13.1. The van der Waals surface area contributed by atoms with Gasteiger partial charge in [-0.15, -0.1) is 11.8 Å². The summed E-state index contributed by atoms with van der Waals surface area (Å²) in [5, 5.41) is 23.6. The summed E-state index contributed by atoms with van der Waals surface area (Å²) >= 11 is 11.0. The Bertz CT molecular complexity index is 1450. The number of carbonyl (C=O) groups excluding carboxylic acids is 2. The first kappa shape index (κ1) is 30.6. The molecule has 2 amide bonds. The first-order chi connectivity index (χ1) is 19.6. The molecule has 218 valence electrons. The highest BCUT2D eigenvalue weighted by molar-refractivity contribution is 8.06. The van der Waals surface area contributed by atoms with Gasteiger partial charge < -0.3 is 37.6 Å². The zero-order valence-corrected chi connectivity index (χ0v) is 24.7. The molecule has 0 bridgehead atoms. The summed E-state index contributed by atoms with van der Waals surface area (Å²) in [6.45, 7) is 0.452. The highest BCUT2D eigenvalue weighted by Gasteiger charge is 2.54. The summed E-state index contributed by atoms with van der Waals surface area (Å²) in [6, 6.07) is 2.52. The van der Waals surface area contributed by atoms with Gasteiger partial charge in [-0.3, -0.25) is 24.5 Å². The van der Waals surface area contributed by atoms with Gasteiger partial charge in [0.1, 0.15) is 21.4 Å². The van der Waals surface area contributed by atoms with Crippen LogP contribution in [0.1, 0.15) is 11.4 Å². The number of nitrogen functional groups attached to an aromatic ring is 1. The van der Waals surface area contributed by atoms with Gasteiger partial charge in [-0.25, -0.2) is 9.78 Å². The smallest absolute Gasteiger partial charge is 0.449 e. The van der Waals surface area contributed by atoms with Crippen molar-refractivity contribution < 1.29 is 29.4 Å². The van der Waals surface area contributed by atoms with E-state index >= 15 is 0 Å². The number of hydrogen-bond acceptors (Lipinski definition) is 14. The number of pyridine rings is 1. The second-order valence-corrected chi connectivity index (χ2v) is 13.0. The number of nitrogens with one attached hydrogen (secondary N) is 1. The van der Waals surface area contributed by atoms with Crippen LogP contribution in [0.15, 0.2) is 44.2 Å². The van der Waals surface area contributed by atoms with Crippen molar-refractivity contribution in [3.8, 4) is 0 Å². The summed E-state index contributed by atoms with van der Waals surface area (Å²) in [7, 11) is 0. The monoisotopic (exact) mass is 659 g/mol. The van der Waals surface area contributed by atoms with E-state index in [0.29, 0.717) is 23.0 Å². The maximum atomic E-state index is 13.1. The fourth-order valence-corrected chi connectivity index (χ4v) is 7.94. The van der Waals surface area contributed by atoms with Gasteiger partial charge in [-0.2, -0.15) is 11.8 Å². The summed E-state index contributed by atoms with van der Waals surface area (Å²) in [6.07, 6.45) is 0.0461. The van der Waals surface area contributed by atoms with Crippen LogP contribution < -0.4 is 22.5 Å². The van der Waals surface area contributed by atoms with E-state index in [-0.39, 0.29) is 32.8 Å². The second kappa shape index (κ2) is 13.5. The minimum atomic E-state index is -1.60. The Kier molecular flexibility index (Phi) is 10.1. The van der Waals surface area contributed by atoms with Crippen LogP contribution in [0, 0.1) is 0 Å². The molecule has 2 atom stereocenters. The van der Waals surface area contributed by atoms with Crippen molar-refractivity contribution in [2.75, 3.05) is 23.8 Å². The molecule has 1 fully saturated rings. The van der Waals surface area contributed by atoms with Crippen LogP contribution in [-0.4, -0.2) is 84.3 Å². The Labute approximate surface area is 254 Å². The number of halogens is 1. The summed E-state index contributed by atoms with van der Waals surface area (Å²) in [5.41, 5.74) is 16.4. The molecule has 15 nitrogen and oxygen atoms in total. The van der Waals surface area contributed by atoms with Crippen LogP contribution in [0.3, 0.4) is 0 Å². The van der Waals surface area contributed by atoms with Crippen LogP contribution in [0.4, 0.5) is 9.93 Å². The number of hydrogen-bond donors (Lipinski definition) is 6. The van der Waals surface area contributed by atoms with E-state index in [2.05, 4.69) is 25.4 Å². The number of carboxylic acid groups (broad SMARTS) is 1. The van der Waals surface area contributed by atoms with Gasteiger partial charge >= 0.3 is 6.16 Å². The molecule has 2 aliphatic heterocycles. The van der Waals surface area contributed by atoms with Crippen LogP contribution in [0.2, 0.25) is 4.34 Å². The molecule has 0 radical (unpaired) electrons. The van der Waals surface area contributed by atoms with Crippen LogP contribution in [0.25, 0.3) is 0 Å². The molecule has 9 N–H and O–H groups in total. The van der Waals surface area contributed by atoms with Crippen molar-refractivity contribution in [1.29, 1.82) is 0 Å². The number of amides is 2. The number of fused-ring (bicyclic) bond motifs is 1. The molecule has 0 saturated carbocycles. The number of anilines is 1. The lowest BCUT2D eigenvalue weighted by Crippen LogP contribution is -2.70. The number of ether oxygens (including phenoxy) is 1. The topological polar surface area (TPSA) is 245 Å². The van der Waals surface area contributed by atoms with Crippen molar-refractivity contribution in [3.05, 3.63) is 44.8 Å². The average molecular weight is 660 g/mol. The largest absolute Gasteiger partial charge is 0.512 e. The number of nitrogens with zero attached hydrogens (tertiary/aromatic N) is 5. The van der Waals surface area contributed by atoms with Crippen LogP contribution in [0.5, 0.6) is 0 Å². The van der Waals surface area contributed by atoms with Crippen molar-refractivity contribution in [2.24, 2.45) is 21.6 Å². The molecule has 0 spiro atoms. The molecule has 4 heterocycles. The van der Waals surface area contributed by atoms with Crippen LogP contribution in [-0.2, 0) is 20.1 Å². The molecule has 41 heavy (non-hydrogen) atoms. The van der Waals surface area contributed by atoms with Gasteiger partial charge in [-0.05, 0) is 12.1 Å². The minimum Gasteiger partial charge on any atom is -0.449 e. The van der Waals surface area contributed by atoms with E-state index in [9.17, 15) is 24.7 Å². The van der Waals surface area contributed by atoms with Gasteiger partial charge in [0, 0.05) is 28.4 Å². The summed E-state index contributed by atoms with van der Waals surface area (Å²) in [4.78, 5) is 52.2. The Balaban J connectivity index is 1.49. The second-order valence-electron chi connectivity index (χ2n) is 7.99. The first-order valence-corrected chi connectivity index (χ1v) is 15.6.